The standard InChI is InChI=1S/C46H44N2O3/c1-2-6-32(7-3-1)46(33-12-14-35(15-13-33)47-20-24-49-25-21-47)19-18-40-43-42(37-8-4-5-9-38(37)44(40)51-46)39-17-16-36(48-22-26-50-27-23-48)29-41(39)45(43)30-31-10-11-34(45)28-31/h1-9,12-19,29,31,34H,10-11,20-28,30H2. The average molecular weight is 673 g/mol. The van der Waals surface area contributed by atoms with Crippen LogP contribution in [0.2, 0.25) is 0 Å². The van der Waals surface area contributed by atoms with Gasteiger partial charge in [0.1, 0.15) is 5.75 Å². The van der Waals surface area contributed by atoms with E-state index in [2.05, 4.69) is 119 Å². The highest BCUT2D eigenvalue weighted by atomic mass is 16.5. The van der Waals surface area contributed by atoms with Crippen LogP contribution < -0.4 is 14.5 Å². The van der Waals surface area contributed by atoms with E-state index < -0.39 is 5.60 Å². The van der Waals surface area contributed by atoms with E-state index in [1.54, 1.807) is 5.56 Å². The Kier molecular flexibility index (Phi) is 6.76. The van der Waals surface area contributed by atoms with Crippen molar-refractivity contribution in [2.24, 2.45) is 11.8 Å². The molecule has 4 unspecified atom stereocenters. The molecule has 0 N–H and O–H groups in total. The molecule has 3 heterocycles. The molecule has 5 aromatic carbocycles. The molecule has 51 heavy (non-hydrogen) atoms. The van der Waals surface area contributed by atoms with Gasteiger partial charge in [-0.3, -0.25) is 0 Å². The van der Waals surface area contributed by atoms with Crippen molar-refractivity contribution < 1.29 is 14.2 Å². The summed E-state index contributed by atoms with van der Waals surface area (Å²) >= 11 is 0. The van der Waals surface area contributed by atoms with Crippen molar-refractivity contribution in [3.05, 3.63) is 131 Å². The van der Waals surface area contributed by atoms with Crippen molar-refractivity contribution in [1.29, 1.82) is 0 Å². The average Bonchev–Trinajstić information content (AvgIpc) is 3.91. The molecule has 0 radical (unpaired) electrons. The summed E-state index contributed by atoms with van der Waals surface area (Å²) in [6.07, 6.45) is 10.1. The largest absolute Gasteiger partial charge is 0.472 e. The Morgan fingerprint density at radius 1 is 0.647 bits per heavy atom. The maximum absolute atomic E-state index is 7.67. The first kappa shape index (κ1) is 30.1. The predicted molar refractivity (Wildman–Crippen MR) is 205 cm³/mol. The molecule has 11 rings (SSSR count). The third-order valence-electron chi connectivity index (χ3n) is 13.3. The summed E-state index contributed by atoms with van der Waals surface area (Å²) in [5.74, 6) is 2.45. The highest BCUT2D eigenvalue weighted by Gasteiger charge is 2.59. The van der Waals surface area contributed by atoms with Crippen LogP contribution in [-0.4, -0.2) is 52.6 Å². The van der Waals surface area contributed by atoms with Crippen molar-refractivity contribution in [2.75, 3.05) is 62.4 Å². The van der Waals surface area contributed by atoms with E-state index in [1.807, 2.05) is 0 Å². The minimum Gasteiger partial charge on any atom is -0.472 e. The number of morpholine rings is 2. The fraction of sp³-hybridized carbons (Fsp3) is 0.348. The zero-order valence-electron chi connectivity index (χ0n) is 29.2. The summed E-state index contributed by atoms with van der Waals surface area (Å²) in [7, 11) is 0. The normalized spacial score (nSPS) is 27.5. The summed E-state index contributed by atoms with van der Waals surface area (Å²) in [6.45, 7) is 6.89. The molecule has 5 nitrogen and oxygen atoms in total. The topological polar surface area (TPSA) is 34.2 Å². The van der Waals surface area contributed by atoms with Gasteiger partial charge in [-0.2, -0.15) is 0 Å². The van der Waals surface area contributed by atoms with E-state index in [0.29, 0.717) is 5.92 Å². The fourth-order valence-corrected chi connectivity index (χ4v) is 11.0. The maximum atomic E-state index is 7.67. The van der Waals surface area contributed by atoms with E-state index in [0.717, 1.165) is 75.4 Å². The van der Waals surface area contributed by atoms with Crippen LogP contribution in [-0.2, 0) is 20.5 Å². The van der Waals surface area contributed by atoms with E-state index in [9.17, 15) is 0 Å². The lowest BCUT2D eigenvalue weighted by molar-refractivity contribution is 0.122. The number of fused-ring (bicyclic) bond motifs is 13. The van der Waals surface area contributed by atoms with Crippen LogP contribution in [0.5, 0.6) is 5.75 Å². The van der Waals surface area contributed by atoms with Gasteiger partial charge in [-0.1, -0.05) is 85.3 Å². The molecule has 1 spiro atoms. The first-order chi connectivity index (χ1) is 25.2. The third-order valence-corrected chi connectivity index (χ3v) is 13.3. The van der Waals surface area contributed by atoms with Crippen LogP contribution in [0.15, 0.2) is 103 Å². The van der Waals surface area contributed by atoms with Gasteiger partial charge in [0.05, 0.1) is 26.4 Å². The monoisotopic (exact) mass is 672 g/mol. The minimum absolute atomic E-state index is 0.00421. The van der Waals surface area contributed by atoms with Crippen LogP contribution in [0.3, 0.4) is 0 Å². The van der Waals surface area contributed by atoms with Gasteiger partial charge in [-0.25, -0.2) is 0 Å². The van der Waals surface area contributed by atoms with Crippen LogP contribution in [0.25, 0.3) is 28.0 Å². The van der Waals surface area contributed by atoms with Crippen molar-refractivity contribution >= 4 is 28.2 Å². The second kappa shape index (κ2) is 11.5. The van der Waals surface area contributed by atoms with E-state index in [4.69, 9.17) is 14.2 Å². The number of ether oxygens (including phenoxy) is 3. The highest BCUT2D eigenvalue weighted by molar-refractivity contribution is 6.09. The quantitative estimate of drug-likeness (QED) is 0.191. The molecule has 5 aromatic rings. The van der Waals surface area contributed by atoms with Crippen LogP contribution in [0.1, 0.15) is 53.5 Å². The summed E-state index contributed by atoms with van der Waals surface area (Å²) in [5, 5.41) is 2.51. The SMILES string of the molecule is C1=CC(c2ccccc2)(c2ccc(N3CCOCC3)cc2)Oc2c1c1c(c3ccccc23)-c2ccc(N3CCOCC3)cc2C12CC1CCC2C1. The van der Waals surface area contributed by atoms with Gasteiger partial charge in [0.25, 0.3) is 0 Å². The van der Waals surface area contributed by atoms with Gasteiger partial charge < -0.3 is 24.0 Å². The first-order valence-corrected chi connectivity index (χ1v) is 19.2. The third kappa shape index (κ3) is 4.34. The van der Waals surface area contributed by atoms with E-state index >= 15 is 0 Å². The predicted octanol–water partition coefficient (Wildman–Crippen LogP) is 8.95. The van der Waals surface area contributed by atoms with Crippen LogP contribution in [0, 0.1) is 11.8 Å². The first-order valence-electron chi connectivity index (χ1n) is 19.2. The second-order valence-electron chi connectivity index (χ2n) is 15.6. The van der Waals surface area contributed by atoms with E-state index in [-0.39, 0.29) is 5.41 Å². The summed E-state index contributed by atoms with van der Waals surface area (Å²) in [6, 6.07) is 36.4. The Labute approximate surface area is 300 Å². The lowest BCUT2D eigenvalue weighted by Crippen LogP contribution is -2.38. The Morgan fingerprint density at radius 2 is 1.31 bits per heavy atom. The molecule has 256 valence electrons. The molecule has 6 aliphatic rings. The van der Waals surface area contributed by atoms with Gasteiger partial charge >= 0.3 is 0 Å². The Hall–Kier alpha value is -4.58. The highest BCUT2D eigenvalue weighted by Crippen LogP contribution is 2.69. The molecular formula is C46H44N2O3. The number of anilines is 2. The molecule has 2 bridgehead atoms. The summed E-state index contributed by atoms with van der Waals surface area (Å²) in [4.78, 5) is 4.95. The molecule has 2 saturated carbocycles. The fourth-order valence-electron chi connectivity index (χ4n) is 11.0. The molecule has 0 amide bonds. The van der Waals surface area contributed by atoms with E-state index in [1.165, 1.54) is 70.1 Å². The van der Waals surface area contributed by atoms with Gasteiger partial charge in [0.2, 0.25) is 0 Å². The van der Waals surface area contributed by atoms with Gasteiger partial charge in [0, 0.05) is 65.0 Å². The van der Waals surface area contributed by atoms with Gasteiger partial charge in [-0.05, 0) is 89.1 Å². The number of hydrogen-bond acceptors (Lipinski definition) is 5. The number of benzene rings is 5. The Morgan fingerprint density at radius 3 is 2.02 bits per heavy atom. The minimum atomic E-state index is -0.758. The molecule has 3 aliphatic heterocycles. The summed E-state index contributed by atoms with van der Waals surface area (Å²) < 4.78 is 19.1. The molecule has 2 saturated heterocycles. The second-order valence-corrected chi connectivity index (χ2v) is 15.6. The lowest BCUT2D eigenvalue weighted by Gasteiger charge is -2.41. The molecule has 0 aromatic heterocycles. The van der Waals surface area contributed by atoms with Crippen molar-refractivity contribution in [2.45, 2.75) is 36.7 Å². The molecule has 4 atom stereocenters. The number of nitrogens with zero attached hydrogens (tertiary/aromatic N) is 2. The van der Waals surface area contributed by atoms with Gasteiger partial charge in [0.15, 0.2) is 5.60 Å². The lowest BCUT2D eigenvalue weighted by atomic mass is 9.65. The van der Waals surface area contributed by atoms with Crippen LogP contribution >= 0.6 is 0 Å². The molecule has 5 heteroatoms. The zero-order chi connectivity index (χ0) is 33.6. The molecule has 4 fully saturated rings. The Balaban J connectivity index is 1.12. The van der Waals surface area contributed by atoms with Crippen LogP contribution in [0.4, 0.5) is 11.4 Å². The Bertz CT molecular complexity index is 2180. The molecule has 3 aliphatic carbocycles. The van der Waals surface area contributed by atoms with Crippen molar-refractivity contribution in [3.8, 4) is 16.9 Å². The number of hydrogen-bond donors (Lipinski definition) is 0. The number of rotatable bonds is 4. The van der Waals surface area contributed by atoms with Crippen molar-refractivity contribution in [1.82, 2.24) is 0 Å². The van der Waals surface area contributed by atoms with Gasteiger partial charge in [-0.15, -0.1) is 0 Å². The molecular weight excluding hydrogens is 629 g/mol. The maximum Gasteiger partial charge on any atom is 0.178 e. The zero-order valence-corrected chi connectivity index (χ0v) is 29.2. The summed E-state index contributed by atoms with van der Waals surface area (Å²) in [5.41, 5.74) is 11.4. The van der Waals surface area contributed by atoms with Crippen molar-refractivity contribution in [3.63, 3.8) is 0 Å². The smallest absolute Gasteiger partial charge is 0.178 e.